The van der Waals surface area contributed by atoms with Crippen LogP contribution in [0.2, 0.25) is 0 Å². The maximum atomic E-state index is 13.4. The lowest BCUT2D eigenvalue weighted by Gasteiger charge is -2.59. The van der Waals surface area contributed by atoms with Gasteiger partial charge in [-0.25, -0.2) is 21.5 Å². The van der Waals surface area contributed by atoms with Gasteiger partial charge in [0.1, 0.15) is 24.4 Å². The third kappa shape index (κ3) is 12.8. The number of hydrogen-bond acceptors (Lipinski definition) is 16. The molecule has 0 spiro atoms. The summed E-state index contributed by atoms with van der Waals surface area (Å²) in [5.41, 5.74) is 0.906. The molecule has 5 aliphatic rings. The maximum absolute atomic E-state index is 13.4. The molecule has 0 aromatic rings. The molecule has 22 nitrogen and oxygen atoms in total. The highest BCUT2D eigenvalue weighted by Gasteiger charge is 2.62. The monoisotopic (exact) mass is 997 g/mol. The lowest BCUT2D eigenvalue weighted by atomic mass is 9.47. The molecule has 1 heterocycles. The van der Waals surface area contributed by atoms with Crippen LogP contribution in [0.25, 0.3) is 0 Å². The minimum Gasteiger partial charge on any atom is -0.477 e. The molecule has 14 atom stereocenters. The van der Waals surface area contributed by atoms with Gasteiger partial charge in [0.2, 0.25) is 5.91 Å². The molecule has 26 heteroatoms. The third-order valence-corrected chi connectivity index (χ3v) is 16.5. The first-order valence-electron chi connectivity index (χ1n) is 21.4. The number of rotatable bonds is 20. The van der Waals surface area contributed by atoms with Gasteiger partial charge in [0.15, 0.2) is 0 Å². The zero-order chi connectivity index (χ0) is 48.0. The summed E-state index contributed by atoms with van der Waals surface area (Å²) in [7, 11) is -22.8. The van der Waals surface area contributed by atoms with E-state index in [1.54, 1.807) is 0 Å². The molecule has 1 aliphatic heterocycles. The lowest BCUT2D eigenvalue weighted by Crippen LogP contribution is -2.69. The van der Waals surface area contributed by atoms with E-state index >= 15 is 0 Å². The largest absolute Gasteiger partial charge is 0.477 e. The number of amides is 1. The van der Waals surface area contributed by atoms with E-state index in [-0.39, 0.29) is 23.7 Å². The van der Waals surface area contributed by atoms with Crippen LogP contribution in [0, 0.1) is 46.3 Å². The van der Waals surface area contributed by atoms with E-state index in [0.29, 0.717) is 41.9 Å². The quantitative estimate of drug-likeness (QED) is 0.0744. The van der Waals surface area contributed by atoms with Crippen LogP contribution in [-0.2, 0) is 77.4 Å². The summed E-state index contributed by atoms with van der Waals surface area (Å²) in [5, 5.41) is 12.9. The Morgan fingerprint density at radius 2 is 1.52 bits per heavy atom. The van der Waals surface area contributed by atoms with Crippen molar-refractivity contribution >= 4 is 53.5 Å². The van der Waals surface area contributed by atoms with Crippen molar-refractivity contribution in [3.05, 3.63) is 11.6 Å². The van der Waals surface area contributed by atoms with Crippen LogP contribution in [0.15, 0.2) is 11.6 Å². The SMILES string of the molecule is CC(=O)N[C@H]1[C@H]([C@H](OS(=O)(=O)O)[C@@H](COS(=O)(=O)O)OS(=O)(=O)O)O[C@@](O[C@H]2CC[C@@]3(C)C(=CC[C@H]4[C@@H]5CC[C@H]([C@H](C)CCCC(C)C)[C@@]5(C)CC[C@@H]43)C2)(C(=O)O)C[C@@H]1OS(=O)(=O)O. The number of carbonyl (C=O) groups is 2. The first-order valence-corrected chi connectivity index (χ1v) is 26.9. The maximum Gasteiger partial charge on any atom is 0.397 e. The number of hydrogen-bond donors (Lipinski definition) is 6. The summed E-state index contributed by atoms with van der Waals surface area (Å²) < 4.78 is 164. The average Bonchev–Trinajstić information content (AvgIpc) is 3.48. The summed E-state index contributed by atoms with van der Waals surface area (Å²) in [6.07, 6.45) is -1.02. The van der Waals surface area contributed by atoms with Gasteiger partial charge in [-0.05, 0) is 97.7 Å². The molecule has 3 saturated carbocycles. The molecule has 0 aromatic carbocycles. The molecule has 64 heavy (non-hydrogen) atoms. The van der Waals surface area contributed by atoms with Crippen LogP contribution in [0.5, 0.6) is 0 Å². The molecule has 1 saturated heterocycles. The molecular weight excluding hydrogens is 935 g/mol. The lowest BCUT2D eigenvalue weighted by molar-refractivity contribution is -0.320. The van der Waals surface area contributed by atoms with E-state index in [0.717, 1.165) is 38.2 Å². The summed E-state index contributed by atoms with van der Waals surface area (Å²) in [4.78, 5) is 25.9. The average molecular weight is 998 g/mol. The van der Waals surface area contributed by atoms with Crippen molar-refractivity contribution in [2.24, 2.45) is 46.3 Å². The molecular formula is C38H63NO21S4. The summed E-state index contributed by atoms with van der Waals surface area (Å²) in [5.74, 6) is -3.04. The van der Waals surface area contributed by atoms with Gasteiger partial charge in [-0.15, -0.1) is 0 Å². The Hall–Kier alpha value is -1.92. The Bertz CT molecular complexity index is 2200. The Labute approximate surface area is 375 Å². The van der Waals surface area contributed by atoms with Crippen LogP contribution in [-0.4, -0.2) is 118 Å². The van der Waals surface area contributed by atoms with Crippen molar-refractivity contribution in [3.8, 4) is 0 Å². The van der Waals surface area contributed by atoms with Crippen LogP contribution < -0.4 is 5.32 Å². The number of aliphatic carboxylic acids is 1. The molecule has 0 radical (unpaired) electrons. The normalized spacial score (nSPS) is 36.2. The fourth-order valence-corrected chi connectivity index (χ4v) is 13.9. The zero-order valence-corrected chi connectivity index (χ0v) is 39.9. The van der Waals surface area contributed by atoms with Gasteiger partial charge in [0.05, 0.1) is 18.8 Å². The predicted molar refractivity (Wildman–Crippen MR) is 222 cm³/mol. The molecule has 0 bridgehead atoms. The Morgan fingerprint density at radius 3 is 2.08 bits per heavy atom. The Balaban J connectivity index is 1.49. The highest BCUT2D eigenvalue weighted by atomic mass is 32.3. The van der Waals surface area contributed by atoms with E-state index in [9.17, 15) is 66.6 Å². The van der Waals surface area contributed by atoms with Crippen LogP contribution in [0.3, 0.4) is 0 Å². The summed E-state index contributed by atoms with van der Waals surface area (Å²) in [6.45, 7) is 10.6. The highest BCUT2D eigenvalue weighted by molar-refractivity contribution is 7.81. The minimum atomic E-state index is -5.89. The van der Waals surface area contributed by atoms with Gasteiger partial charge in [0, 0.05) is 13.3 Å². The molecule has 0 aromatic heterocycles. The fourth-order valence-electron chi connectivity index (χ4n) is 12.1. The van der Waals surface area contributed by atoms with Crippen molar-refractivity contribution < 1.29 is 92.8 Å². The number of allylic oxidation sites excluding steroid dienone is 1. The predicted octanol–water partition coefficient (Wildman–Crippen LogP) is 3.87. The van der Waals surface area contributed by atoms with Gasteiger partial charge in [-0.1, -0.05) is 65.5 Å². The Kier molecular flexibility index (Phi) is 16.2. The van der Waals surface area contributed by atoms with Crippen LogP contribution in [0.1, 0.15) is 119 Å². The summed E-state index contributed by atoms with van der Waals surface area (Å²) in [6, 6.07) is -2.21. The second-order valence-corrected chi connectivity index (χ2v) is 23.4. The number of nitrogens with one attached hydrogen (secondary N) is 1. The van der Waals surface area contributed by atoms with E-state index < -0.39 is 109 Å². The van der Waals surface area contributed by atoms with Gasteiger partial charge >= 0.3 is 47.6 Å². The van der Waals surface area contributed by atoms with Gasteiger partial charge in [0.25, 0.3) is 5.79 Å². The van der Waals surface area contributed by atoms with Gasteiger partial charge < -0.3 is 19.9 Å². The molecule has 370 valence electrons. The van der Waals surface area contributed by atoms with Crippen molar-refractivity contribution in [1.29, 1.82) is 0 Å². The second kappa shape index (κ2) is 19.6. The summed E-state index contributed by atoms with van der Waals surface area (Å²) >= 11 is 0. The molecule has 5 rings (SSSR count). The number of fused-ring (bicyclic) bond motifs is 5. The van der Waals surface area contributed by atoms with E-state index in [1.807, 2.05) is 0 Å². The second-order valence-electron chi connectivity index (χ2n) is 19.2. The Morgan fingerprint density at radius 1 is 0.859 bits per heavy atom. The third-order valence-electron chi connectivity index (χ3n) is 14.7. The van der Waals surface area contributed by atoms with Crippen LogP contribution >= 0.6 is 0 Å². The topological polar surface area (TPSA) is 339 Å². The van der Waals surface area contributed by atoms with Gasteiger partial charge in [-0.2, -0.15) is 33.7 Å². The minimum absolute atomic E-state index is 0.154. The molecule has 4 aliphatic carbocycles. The van der Waals surface area contributed by atoms with Crippen molar-refractivity contribution in [3.63, 3.8) is 0 Å². The number of ether oxygens (including phenoxy) is 2. The highest BCUT2D eigenvalue weighted by Crippen LogP contribution is 2.67. The van der Waals surface area contributed by atoms with Gasteiger partial charge in [-0.3, -0.25) is 23.0 Å². The first-order chi connectivity index (χ1) is 29.3. The van der Waals surface area contributed by atoms with Crippen molar-refractivity contribution in [1.82, 2.24) is 5.32 Å². The van der Waals surface area contributed by atoms with Crippen LogP contribution in [0.4, 0.5) is 0 Å². The number of carbonyl (C=O) groups excluding carboxylic acids is 1. The smallest absolute Gasteiger partial charge is 0.397 e. The number of carboxylic acid groups (broad SMARTS) is 1. The standard InChI is InChI=1S/C38H63NO21S4/c1-21(2)8-7-9-22(3)27-12-13-28-26-11-10-24-18-25(14-16-36(24,5)29(26)15-17-37(27,28)6)56-38(35(41)42)19-30(58-62(46,47)48)32(39-23(4)40)34(57-38)33(60-64(52,53)54)31(59-63(49,50)51)20-55-61(43,44)45/h10,21-22,25-34H,7-9,11-20H2,1-6H3,(H,39,40)(H,41,42)(H,43,44,45)(H,46,47,48)(H,49,50,51)(H,52,53,54)/t22-,25+,26+,27-,28+,29+,30+,31-,32-,33-,34-,36+,37-,38-/m1/s1. The van der Waals surface area contributed by atoms with Crippen molar-refractivity contribution in [2.45, 2.75) is 161 Å². The first kappa shape index (κ1) is 53.0. The molecule has 6 N–H and O–H groups in total. The number of carboxylic acids is 1. The molecule has 1 amide bonds. The van der Waals surface area contributed by atoms with E-state index in [4.69, 9.17) is 13.7 Å². The molecule has 0 unspecified atom stereocenters. The fraction of sp³-hybridized carbons (Fsp3) is 0.895. The van der Waals surface area contributed by atoms with Crippen molar-refractivity contribution in [2.75, 3.05) is 6.61 Å². The van der Waals surface area contributed by atoms with E-state index in [1.165, 1.54) is 25.7 Å². The molecule has 4 fully saturated rings. The van der Waals surface area contributed by atoms with E-state index in [2.05, 4.69) is 58.6 Å². The zero-order valence-electron chi connectivity index (χ0n) is 36.6.